The third-order valence-electron chi connectivity index (χ3n) is 12.9. The summed E-state index contributed by atoms with van der Waals surface area (Å²) < 4.78 is 17.5. The Labute approximate surface area is 435 Å². The summed E-state index contributed by atoms with van der Waals surface area (Å²) in [7, 11) is 0. The van der Waals surface area contributed by atoms with Crippen molar-refractivity contribution in [2.45, 2.75) is 297 Å². The number of carbonyl (C=O) groups is 2. The number of carbonyl (C=O) groups excluding carboxylic acids is 2. The van der Waals surface area contributed by atoms with Crippen molar-refractivity contribution < 1.29 is 23.8 Å². The van der Waals surface area contributed by atoms with Crippen molar-refractivity contribution in [2.24, 2.45) is 0 Å². The topological polar surface area (TPSA) is 61.8 Å². The zero-order valence-electron chi connectivity index (χ0n) is 46.5. The lowest BCUT2D eigenvalue weighted by Crippen LogP contribution is -2.30. The van der Waals surface area contributed by atoms with E-state index in [-0.39, 0.29) is 25.2 Å². The minimum atomic E-state index is -0.566. The second kappa shape index (κ2) is 60.4. The van der Waals surface area contributed by atoms with Gasteiger partial charge in [-0.2, -0.15) is 0 Å². The molecule has 5 heteroatoms. The van der Waals surface area contributed by atoms with Crippen molar-refractivity contribution in [3.05, 3.63) is 85.1 Å². The summed E-state index contributed by atoms with van der Waals surface area (Å²) in [5.41, 5.74) is 0. The third-order valence-corrected chi connectivity index (χ3v) is 12.9. The summed E-state index contributed by atoms with van der Waals surface area (Å²) in [5.74, 6) is -0.420. The lowest BCUT2D eigenvalue weighted by molar-refractivity contribution is -0.163. The molecule has 0 saturated carbocycles. The predicted octanol–water partition coefficient (Wildman–Crippen LogP) is 20.8. The van der Waals surface area contributed by atoms with E-state index >= 15 is 0 Å². The van der Waals surface area contributed by atoms with E-state index in [1.54, 1.807) is 0 Å². The molecule has 0 aliphatic heterocycles. The Hall–Kier alpha value is -2.92. The maximum absolute atomic E-state index is 12.9. The Bertz CT molecular complexity index is 1290. The number of allylic oxidation sites excluding steroid dienone is 14. The molecule has 0 saturated heterocycles. The fourth-order valence-corrected chi connectivity index (χ4v) is 8.45. The minimum absolute atomic E-state index is 0.0642. The van der Waals surface area contributed by atoms with E-state index in [2.05, 4.69) is 106 Å². The molecule has 70 heavy (non-hydrogen) atoms. The fraction of sp³-hybridized carbons (Fsp3) is 0.754. The van der Waals surface area contributed by atoms with Crippen molar-refractivity contribution in [3.63, 3.8) is 0 Å². The Kier molecular flexibility index (Phi) is 57.9. The van der Waals surface area contributed by atoms with Gasteiger partial charge in [-0.25, -0.2) is 0 Å². The second-order valence-corrected chi connectivity index (χ2v) is 19.9. The summed E-state index contributed by atoms with van der Waals surface area (Å²) in [6.07, 6.45) is 80.4. The van der Waals surface area contributed by atoms with Crippen LogP contribution in [0.3, 0.4) is 0 Å². The number of esters is 2. The molecule has 0 aromatic rings. The molecule has 0 spiro atoms. The molecular weight excluding hydrogens is 861 g/mol. The highest BCUT2D eigenvalue weighted by Crippen LogP contribution is 2.16. The van der Waals surface area contributed by atoms with Crippen LogP contribution in [0.25, 0.3) is 0 Å². The van der Waals surface area contributed by atoms with Gasteiger partial charge >= 0.3 is 11.9 Å². The van der Waals surface area contributed by atoms with Crippen molar-refractivity contribution >= 4 is 11.9 Å². The summed E-state index contributed by atoms with van der Waals surface area (Å²) in [6.45, 7) is 7.62. The van der Waals surface area contributed by atoms with Crippen molar-refractivity contribution in [1.82, 2.24) is 0 Å². The van der Waals surface area contributed by atoms with E-state index in [9.17, 15) is 9.59 Å². The normalized spacial score (nSPS) is 12.8. The highest BCUT2D eigenvalue weighted by Gasteiger charge is 2.17. The van der Waals surface area contributed by atoms with Gasteiger partial charge < -0.3 is 14.2 Å². The van der Waals surface area contributed by atoms with Crippen LogP contribution in [0.1, 0.15) is 290 Å². The van der Waals surface area contributed by atoms with E-state index in [0.717, 1.165) is 89.9 Å². The number of ether oxygens (including phenoxy) is 3. The molecule has 0 bridgehead atoms. The highest BCUT2D eigenvalue weighted by molar-refractivity contribution is 5.70. The quantitative estimate of drug-likeness (QED) is 0.0345. The molecular formula is C65H114O5. The molecule has 1 atom stereocenters. The SMILES string of the molecule is CC/C=C\C/C=C\C/C=C\C/C=C\C/C=C\CCCCOCC(COC(=O)CCCCCCCCCCCCCCCCCCCCC)OC(=O)CCCCCCCCC/C=C\C/C=C\CCCCC. The zero-order chi connectivity index (χ0) is 50.6. The molecule has 0 aromatic heterocycles. The van der Waals surface area contributed by atoms with Gasteiger partial charge in [0.1, 0.15) is 6.61 Å². The van der Waals surface area contributed by atoms with Crippen LogP contribution in [0, 0.1) is 0 Å². The predicted molar refractivity (Wildman–Crippen MR) is 307 cm³/mol. The summed E-state index contributed by atoms with van der Waals surface area (Å²) in [5, 5.41) is 0. The molecule has 5 nitrogen and oxygen atoms in total. The third kappa shape index (κ3) is 57.7. The minimum Gasteiger partial charge on any atom is -0.462 e. The molecule has 404 valence electrons. The van der Waals surface area contributed by atoms with Crippen LogP contribution >= 0.6 is 0 Å². The number of unbranched alkanes of at least 4 members (excludes halogenated alkanes) is 30. The molecule has 0 rings (SSSR count). The first-order valence-electron chi connectivity index (χ1n) is 30.1. The van der Waals surface area contributed by atoms with Gasteiger partial charge in [0.25, 0.3) is 0 Å². The van der Waals surface area contributed by atoms with Crippen LogP contribution in [-0.2, 0) is 23.8 Å². The van der Waals surface area contributed by atoms with Crippen molar-refractivity contribution in [1.29, 1.82) is 0 Å². The Morgan fingerprint density at radius 3 is 1.06 bits per heavy atom. The number of rotatable bonds is 55. The molecule has 0 aromatic carbocycles. The Balaban J connectivity index is 4.34. The molecule has 0 aliphatic carbocycles. The number of hydrogen-bond acceptors (Lipinski definition) is 5. The van der Waals surface area contributed by atoms with Crippen LogP contribution in [0.2, 0.25) is 0 Å². The first-order valence-corrected chi connectivity index (χ1v) is 30.1. The molecule has 0 aliphatic rings. The van der Waals surface area contributed by atoms with Gasteiger partial charge in [0, 0.05) is 19.4 Å². The molecule has 0 heterocycles. The Morgan fingerprint density at radius 1 is 0.329 bits per heavy atom. The van der Waals surface area contributed by atoms with Gasteiger partial charge in [0.2, 0.25) is 0 Å². The molecule has 0 fully saturated rings. The monoisotopic (exact) mass is 975 g/mol. The van der Waals surface area contributed by atoms with E-state index < -0.39 is 6.10 Å². The molecule has 0 N–H and O–H groups in total. The first-order chi connectivity index (χ1) is 34.6. The highest BCUT2D eigenvalue weighted by atomic mass is 16.6. The van der Waals surface area contributed by atoms with Crippen molar-refractivity contribution in [2.75, 3.05) is 19.8 Å². The summed E-state index contributed by atoms with van der Waals surface area (Å²) in [4.78, 5) is 25.6. The average molecular weight is 976 g/mol. The van der Waals surface area contributed by atoms with E-state index in [4.69, 9.17) is 14.2 Å². The molecule has 0 radical (unpaired) electrons. The first kappa shape index (κ1) is 67.1. The zero-order valence-corrected chi connectivity index (χ0v) is 46.5. The van der Waals surface area contributed by atoms with Gasteiger partial charge in [0.15, 0.2) is 6.10 Å². The Morgan fingerprint density at radius 2 is 0.643 bits per heavy atom. The lowest BCUT2D eigenvalue weighted by Gasteiger charge is -2.18. The van der Waals surface area contributed by atoms with Crippen LogP contribution in [0.4, 0.5) is 0 Å². The van der Waals surface area contributed by atoms with Crippen LogP contribution in [0.5, 0.6) is 0 Å². The van der Waals surface area contributed by atoms with Gasteiger partial charge in [-0.05, 0) is 96.3 Å². The summed E-state index contributed by atoms with van der Waals surface area (Å²) >= 11 is 0. The van der Waals surface area contributed by atoms with Crippen LogP contribution in [-0.4, -0.2) is 37.9 Å². The van der Waals surface area contributed by atoms with Crippen molar-refractivity contribution in [3.8, 4) is 0 Å². The van der Waals surface area contributed by atoms with Crippen LogP contribution in [0.15, 0.2) is 85.1 Å². The van der Waals surface area contributed by atoms with Crippen LogP contribution < -0.4 is 0 Å². The largest absolute Gasteiger partial charge is 0.462 e. The molecule has 1 unspecified atom stereocenters. The lowest BCUT2D eigenvalue weighted by atomic mass is 10.0. The smallest absolute Gasteiger partial charge is 0.306 e. The van der Waals surface area contributed by atoms with Gasteiger partial charge in [-0.1, -0.05) is 266 Å². The number of hydrogen-bond donors (Lipinski definition) is 0. The molecule has 0 amide bonds. The summed E-state index contributed by atoms with van der Waals surface area (Å²) in [6, 6.07) is 0. The second-order valence-electron chi connectivity index (χ2n) is 19.9. The van der Waals surface area contributed by atoms with Gasteiger partial charge in [0.05, 0.1) is 6.61 Å². The maximum Gasteiger partial charge on any atom is 0.306 e. The maximum atomic E-state index is 12.9. The van der Waals surface area contributed by atoms with E-state index in [0.29, 0.717) is 19.4 Å². The standard InChI is InChI=1S/C65H114O5/c1-4-7-10-13-16-19-22-25-28-31-33-35-37-40-43-46-49-52-55-58-64(66)69-62-63(61-68-60-57-54-51-48-45-42-39-36-32-29-26-23-20-17-14-11-8-5-2)70-65(67)59-56-53-50-47-44-41-38-34-30-27-24-21-18-15-12-9-6-3/h8,11,17-18,20-21,26-27,29-30,36,39,45,48,63H,4-7,9-10,12-16,19,22-25,28,31-35,37-38,40-44,46-47,49-62H2,1-3H3/b11-8-,20-17-,21-18-,29-26-,30-27-,39-36-,48-45-. The van der Waals surface area contributed by atoms with E-state index in [1.807, 2.05) is 0 Å². The van der Waals surface area contributed by atoms with Gasteiger partial charge in [-0.15, -0.1) is 0 Å². The van der Waals surface area contributed by atoms with Gasteiger partial charge in [-0.3, -0.25) is 9.59 Å². The average Bonchev–Trinajstić information content (AvgIpc) is 3.36. The fourth-order valence-electron chi connectivity index (χ4n) is 8.45. The van der Waals surface area contributed by atoms with E-state index in [1.165, 1.54) is 167 Å².